The zero-order valence-corrected chi connectivity index (χ0v) is 13.3. The number of amides is 1. The van der Waals surface area contributed by atoms with E-state index < -0.39 is 10.0 Å². The fourth-order valence-corrected chi connectivity index (χ4v) is 2.34. The predicted octanol–water partition coefficient (Wildman–Crippen LogP) is 0.116. The molecule has 0 aliphatic heterocycles. The first-order valence-electron chi connectivity index (χ1n) is 6.64. The molecule has 0 aliphatic rings. The van der Waals surface area contributed by atoms with Crippen molar-refractivity contribution in [3.63, 3.8) is 0 Å². The van der Waals surface area contributed by atoms with Crippen LogP contribution in [0.3, 0.4) is 0 Å². The van der Waals surface area contributed by atoms with Gasteiger partial charge in [0.2, 0.25) is 15.9 Å². The average molecular weight is 293 g/mol. The Kier molecular flexibility index (Phi) is 8.95. The van der Waals surface area contributed by atoms with Crippen LogP contribution in [0.2, 0.25) is 0 Å². The molecular formula is C12H27N3O3S. The highest BCUT2D eigenvalue weighted by Crippen LogP contribution is 1.98. The van der Waals surface area contributed by atoms with Crippen molar-refractivity contribution in [1.82, 2.24) is 14.5 Å². The van der Waals surface area contributed by atoms with Gasteiger partial charge in [-0.15, -0.1) is 0 Å². The highest BCUT2D eigenvalue weighted by Gasteiger charge is 2.16. The van der Waals surface area contributed by atoms with Crippen LogP contribution < -0.4 is 5.32 Å². The second-order valence-corrected chi connectivity index (χ2v) is 6.90. The standard InChI is InChI=1S/C12H27N3O3S/c1-5-6-7-12(16)13-8-9-15(19(4,17)18)11-10-14(2)3/h5-11H2,1-4H3,(H,13,16). The number of nitrogens with one attached hydrogen (secondary N) is 1. The van der Waals surface area contributed by atoms with Gasteiger partial charge in [0.1, 0.15) is 0 Å². The van der Waals surface area contributed by atoms with E-state index in [1.165, 1.54) is 10.6 Å². The van der Waals surface area contributed by atoms with Gasteiger partial charge in [0.15, 0.2) is 0 Å². The molecule has 0 fully saturated rings. The maximum atomic E-state index is 11.6. The van der Waals surface area contributed by atoms with Gasteiger partial charge in [0, 0.05) is 32.6 Å². The van der Waals surface area contributed by atoms with E-state index in [1.54, 1.807) is 0 Å². The molecule has 0 rings (SSSR count). The zero-order valence-electron chi connectivity index (χ0n) is 12.5. The van der Waals surface area contributed by atoms with Gasteiger partial charge in [-0.25, -0.2) is 8.42 Å². The number of unbranched alkanes of at least 4 members (excludes halogenated alkanes) is 1. The largest absolute Gasteiger partial charge is 0.355 e. The molecule has 1 amide bonds. The normalized spacial score (nSPS) is 12.1. The molecule has 114 valence electrons. The number of carbonyl (C=O) groups excluding carboxylic acids is 1. The maximum Gasteiger partial charge on any atom is 0.220 e. The topological polar surface area (TPSA) is 69.7 Å². The third-order valence-electron chi connectivity index (χ3n) is 2.71. The monoisotopic (exact) mass is 293 g/mol. The van der Waals surface area contributed by atoms with E-state index in [4.69, 9.17) is 0 Å². The number of carbonyl (C=O) groups is 1. The zero-order chi connectivity index (χ0) is 14.9. The summed E-state index contributed by atoms with van der Waals surface area (Å²) in [4.78, 5) is 13.3. The summed E-state index contributed by atoms with van der Waals surface area (Å²) in [5, 5.41) is 2.75. The lowest BCUT2D eigenvalue weighted by Gasteiger charge is -2.22. The van der Waals surface area contributed by atoms with Crippen LogP contribution >= 0.6 is 0 Å². The molecule has 1 N–H and O–H groups in total. The summed E-state index contributed by atoms with van der Waals surface area (Å²) in [6, 6.07) is 0. The summed E-state index contributed by atoms with van der Waals surface area (Å²) >= 11 is 0. The molecular weight excluding hydrogens is 266 g/mol. The Bertz CT molecular complexity index is 355. The molecule has 0 heterocycles. The molecule has 19 heavy (non-hydrogen) atoms. The summed E-state index contributed by atoms with van der Waals surface area (Å²) in [6.07, 6.45) is 3.54. The number of sulfonamides is 1. The number of hydrogen-bond acceptors (Lipinski definition) is 4. The number of hydrogen-bond donors (Lipinski definition) is 1. The van der Waals surface area contributed by atoms with E-state index in [0.29, 0.717) is 32.6 Å². The van der Waals surface area contributed by atoms with Crippen LogP contribution in [0.5, 0.6) is 0 Å². The van der Waals surface area contributed by atoms with Crippen LogP contribution in [0.15, 0.2) is 0 Å². The van der Waals surface area contributed by atoms with Crippen molar-refractivity contribution in [3.8, 4) is 0 Å². The fraction of sp³-hybridized carbons (Fsp3) is 0.917. The molecule has 0 aliphatic carbocycles. The third kappa shape index (κ3) is 9.86. The van der Waals surface area contributed by atoms with Crippen molar-refractivity contribution in [1.29, 1.82) is 0 Å². The Labute approximate surface area is 117 Å². The molecule has 0 bridgehead atoms. The lowest BCUT2D eigenvalue weighted by atomic mass is 10.2. The molecule has 0 radical (unpaired) electrons. The van der Waals surface area contributed by atoms with E-state index in [2.05, 4.69) is 5.32 Å². The van der Waals surface area contributed by atoms with Crippen LogP contribution in [0.4, 0.5) is 0 Å². The van der Waals surface area contributed by atoms with Crippen molar-refractivity contribution in [3.05, 3.63) is 0 Å². The first-order chi connectivity index (χ1) is 8.77. The van der Waals surface area contributed by atoms with Crippen LogP contribution in [0, 0.1) is 0 Å². The van der Waals surface area contributed by atoms with Crippen molar-refractivity contribution in [2.75, 3.05) is 46.5 Å². The molecule has 0 aromatic rings. The van der Waals surface area contributed by atoms with Gasteiger partial charge in [-0.1, -0.05) is 13.3 Å². The highest BCUT2D eigenvalue weighted by atomic mass is 32.2. The van der Waals surface area contributed by atoms with Gasteiger partial charge in [-0.05, 0) is 20.5 Å². The van der Waals surface area contributed by atoms with Gasteiger partial charge in [-0.2, -0.15) is 4.31 Å². The minimum absolute atomic E-state index is 0.0112. The maximum absolute atomic E-state index is 11.6. The minimum Gasteiger partial charge on any atom is -0.355 e. The number of nitrogens with zero attached hydrogens (tertiary/aromatic N) is 2. The molecule has 0 unspecified atom stereocenters. The molecule has 0 aromatic carbocycles. The predicted molar refractivity (Wildman–Crippen MR) is 77.5 cm³/mol. The first-order valence-corrected chi connectivity index (χ1v) is 8.48. The van der Waals surface area contributed by atoms with Crippen LogP contribution in [-0.4, -0.2) is 70.1 Å². The Balaban J connectivity index is 4.10. The quantitative estimate of drug-likeness (QED) is 0.621. The third-order valence-corrected chi connectivity index (χ3v) is 4.01. The van der Waals surface area contributed by atoms with E-state index in [0.717, 1.165) is 12.8 Å². The summed E-state index contributed by atoms with van der Waals surface area (Å²) < 4.78 is 24.6. The summed E-state index contributed by atoms with van der Waals surface area (Å²) in [5.41, 5.74) is 0. The molecule has 6 nitrogen and oxygen atoms in total. The Hall–Kier alpha value is -0.660. The van der Waals surface area contributed by atoms with Crippen LogP contribution in [-0.2, 0) is 14.8 Å². The van der Waals surface area contributed by atoms with Crippen molar-refractivity contribution < 1.29 is 13.2 Å². The van der Waals surface area contributed by atoms with Crippen molar-refractivity contribution >= 4 is 15.9 Å². The molecule has 0 atom stereocenters. The SMILES string of the molecule is CCCCC(=O)NCCN(CCN(C)C)S(C)(=O)=O. The number of rotatable bonds is 10. The second kappa shape index (κ2) is 9.28. The van der Waals surface area contributed by atoms with Crippen LogP contribution in [0.1, 0.15) is 26.2 Å². The molecule has 0 spiro atoms. The Morgan fingerprint density at radius 3 is 2.26 bits per heavy atom. The van der Waals surface area contributed by atoms with Gasteiger partial charge in [0.05, 0.1) is 6.26 Å². The summed E-state index contributed by atoms with van der Waals surface area (Å²) in [6.45, 7) is 3.82. The lowest BCUT2D eigenvalue weighted by Crippen LogP contribution is -2.41. The Morgan fingerprint density at radius 2 is 1.79 bits per heavy atom. The molecule has 7 heteroatoms. The van der Waals surface area contributed by atoms with E-state index in [1.807, 2.05) is 25.9 Å². The second-order valence-electron chi connectivity index (χ2n) is 4.92. The van der Waals surface area contributed by atoms with Crippen molar-refractivity contribution in [2.24, 2.45) is 0 Å². The van der Waals surface area contributed by atoms with E-state index in [9.17, 15) is 13.2 Å². The van der Waals surface area contributed by atoms with E-state index >= 15 is 0 Å². The molecule has 0 saturated heterocycles. The first kappa shape index (κ1) is 18.3. The van der Waals surface area contributed by atoms with Gasteiger partial charge < -0.3 is 10.2 Å². The van der Waals surface area contributed by atoms with Gasteiger partial charge in [-0.3, -0.25) is 4.79 Å². The highest BCUT2D eigenvalue weighted by molar-refractivity contribution is 7.88. The average Bonchev–Trinajstić information content (AvgIpc) is 2.28. The van der Waals surface area contributed by atoms with Crippen LogP contribution in [0.25, 0.3) is 0 Å². The summed E-state index contributed by atoms with van der Waals surface area (Å²) in [7, 11) is 0.572. The smallest absolute Gasteiger partial charge is 0.220 e. The minimum atomic E-state index is -3.22. The number of likely N-dealkylation sites (N-methyl/N-ethyl adjacent to an activating group) is 1. The van der Waals surface area contributed by atoms with E-state index in [-0.39, 0.29) is 5.91 Å². The lowest BCUT2D eigenvalue weighted by molar-refractivity contribution is -0.121. The summed E-state index contributed by atoms with van der Waals surface area (Å²) in [5.74, 6) is -0.0112. The molecule has 0 saturated carbocycles. The van der Waals surface area contributed by atoms with Gasteiger partial charge in [0.25, 0.3) is 0 Å². The van der Waals surface area contributed by atoms with Crippen molar-refractivity contribution in [2.45, 2.75) is 26.2 Å². The fourth-order valence-electron chi connectivity index (χ4n) is 1.50. The Morgan fingerprint density at radius 1 is 1.16 bits per heavy atom. The molecule has 0 aromatic heterocycles. The van der Waals surface area contributed by atoms with Gasteiger partial charge >= 0.3 is 0 Å².